The molecular formula is C48H40Cl3N6NaO4S. The predicted molar refractivity (Wildman–Crippen MR) is 252 cm³/mol. The first-order valence-corrected chi connectivity index (χ1v) is 21.6. The summed E-state index contributed by atoms with van der Waals surface area (Å²) in [7, 11) is 7.36. The minimum absolute atomic E-state index is 0. The van der Waals surface area contributed by atoms with Crippen LogP contribution in [0.1, 0.15) is 33.4 Å². The third-order valence-corrected chi connectivity index (χ3v) is 9.07. The largest absolute Gasteiger partial charge is 1.00 e. The summed E-state index contributed by atoms with van der Waals surface area (Å²) >= 11 is 5.89. The number of hydrogen-bond donors (Lipinski definition) is 1. The molecule has 10 nitrogen and oxygen atoms in total. The van der Waals surface area contributed by atoms with E-state index in [-0.39, 0.29) is 48.5 Å². The molecule has 0 atom stereocenters. The zero-order chi connectivity index (χ0) is 45.7. The SMILES string of the molecule is Cc1c(CCl)cccc1-c1ccccc1.Cc1c(CO)cccc1-c1ccccc1.Cc1c(CON=C(C#N)C#N)cccc1-c1ccccc1.O=S(Cl)Cl.[C-]#[N+]/C(C#N)=N/[O-].[Na+]. The minimum Gasteiger partial charge on any atom is -0.691 e. The van der Waals surface area contributed by atoms with Gasteiger partial charge in [0.05, 0.1) is 6.61 Å². The Hall–Kier alpha value is -5.80. The number of rotatable bonds is 8. The molecular weight excluding hydrogens is 886 g/mol. The van der Waals surface area contributed by atoms with Crippen LogP contribution >= 0.6 is 33.0 Å². The van der Waals surface area contributed by atoms with Crippen LogP contribution in [0.2, 0.25) is 0 Å². The van der Waals surface area contributed by atoms with E-state index in [9.17, 15) is 10.3 Å². The van der Waals surface area contributed by atoms with Crippen molar-refractivity contribution in [2.24, 2.45) is 10.3 Å². The van der Waals surface area contributed by atoms with Crippen LogP contribution in [-0.2, 0) is 33.2 Å². The van der Waals surface area contributed by atoms with E-state index in [2.05, 4.69) is 116 Å². The molecule has 63 heavy (non-hydrogen) atoms. The minimum atomic E-state index is -1.67. The van der Waals surface area contributed by atoms with Gasteiger partial charge < -0.3 is 20.0 Å². The van der Waals surface area contributed by atoms with E-state index in [0.717, 1.165) is 33.4 Å². The van der Waals surface area contributed by atoms with Crippen LogP contribution in [-0.4, -0.2) is 20.9 Å². The van der Waals surface area contributed by atoms with Crippen LogP contribution in [0.15, 0.2) is 156 Å². The van der Waals surface area contributed by atoms with Crippen molar-refractivity contribution in [1.29, 1.82) is 15.8 Å². The zero-order valence-corrected chi connectivity index (χ0v) is 40.0. The molecule has 0 saturated heterocycles. The maximum absolute atomic E-state index is 9.24. The van der Waals surface area contributed by atoms with Crippen molar-refractivity contribution in [2.45, 2.75) is 39.9 Å². The zero-order valence-electron chi connectivity index (χ0n) is 34.9. The Bertz CT molecular complexity index is 2470. The molecule has 15 heteroatoms. The Balaban J connectivity index is 0.000000425. The predicted octanol–water partition coefficient (Wildman–Crippen LogP) is 9.51. The molecule has 0 aliphatic carbocycles. The average molecular weight is 926 g/mol. The Labute approximate surface area is 407 Å². The second-order valence-electron chi connectivity index (χ2n) is 12.4. The van der Waals surface area contributed by atoms with Crippen molar-refractivity contribution >= 4 is 53.7 Å². The van der Waals surface area contributed by atoms with Gasteiger partial charge in [0.25, 0.3) is 5.71 Å². The van der Waals surface area contributed by atoms with Gasteiger partial charge in [0.1, 0.15) is 24.8 Å². The Morgan fingerprint density at radius 2 is 1.03 bits per heavy atom. The van der Waals surface area contributed by atoms with Crippen molar-refractivity contribution in [3.8, 4) is 51.6 Å². The maximum atomic E-state index is 9.24. The van der Waals surface area contributed by atoms with Gasteiger partial charge >= 0.3 is 35.4 Å². The number of aliphatic hydroxyl groups excluding tert-OH is 1. The average Bonchev–Trinajstić information content (AvgIpc) is 3.30. The van der Waals surface area contributed by atoms with Gasteiger partial charge in [0.15, 0.2) is 0 Å². The molecule has 0 aromatic heterocycles. The van der Waals surface area contributed by atoms with E-state index < -0.39 is 15.1 Å². The van der Waals surface area contributed by atoms with Gasteiger partial charge in [-0.3, -0.25) is 0 Å². The summed E-state index contributed by atoms with van der Waals surface area (Å²) < 4.78 is 9.09. The normalized spacial score (nSPS) is 9.56. The number of oxime groups is 1. The molecule has 0 aliphatic rings. The van der Waals surface area contributed by atoms with E-state index >= 15 is 0 Å². The number of hydrogen-bond acceptors (Lipinski definition) is 9. The van der Waals surface area contributed by atoms with Crippen LogP contribution < -0.4 is 29.6 Å². The summed E-state index contributed by atoms with van der Waals surface area (Å²) in [5.41, 5.74) is 13.6. The van der Waals surface area contributed by atoms with Crippen molar-refractivity contribution in [3.05, 3.63) is 196 Å². The van der Waals surface area contributed by atoms with Crippen molar-refractivity contribution < 1.29 is 43.7 Å². The molecule has 6 aromatic carbocycles. The van der Waals surface area contributed by atoms with E-state index in [0.29, 0.717) is 5.88 Å². The number of nitriles is 3. The third-order valence-electron chi connectivity index (χ3n) is 8.79. The summed E-state index contributed by atoms with van der Waals surface area (Å²) in [5, 5.41) is 48.9. The maximum Gasteiger partial charge on any atom is 1.00 e. The molecule has 0 aliphatic heterocycles. The van der Waals surface area contributed by atoms with Gasteiger partial charge in [-0.25, -0.2) is 9.47 Å². The van der Waals surface area contributed by atoms with E-state index in [1.807, 2.05) is 86.6 Å². The number of nitrogens with zero attached hydrogens (tertiary/aromatic N) is 6. The first kappa shape index (κ1) is 55.2. The van der Waals surface area contributed by atoms with E-state index in [1.165, 1.54) is 39.4 Å². The molecule has 0 unspecified atom stereocenters. The Morgan fingerprint density at radius 1 is 0.667 bits per heavy atom. The molecule has 0 radical (unpaired) electrons. The fraction of sp³-hybridized carbons (Fsp3) is 0.125. The number of amidine groups is 1. The van der Waals surface area contributed by atoms with Crippen molar-refractivity contribution in [2.75, 3.05) is 0 Å². The summed E-state index contributed by atoms with van der Waals surface area (Å²) in [6.07, 6.45) is 0. The van der Waals surface area contributed by atoms with Crippen LogP contribution in [0.5, 0.6) is 0 Å². The van der Waals surface area contributed by atoms with Crippen LogP contribution in [0.3, 0.4) is 0 Å². The van der Waals surface area contributed by atoms with Crippen molar-refractivity contribution in [3.63, 3.8) is 0 Å². The van der Waals surface area contributed by atoms with E-state index in [1.54, 1.807) is 12.1 Å². The molecule has 0 heterocycles. The fourth-order valence-corrected chi connectivity index (χ4v) is 5.90. The van der Waals surface area contributed by atoms with E-state index in [4.69, 9.17) is 43.0 Å². The Kier molecular flexibility index (Phi) is 28.0. The molecule has 0 saturated carbocycles. The summed E-state index contributed by atoms with van der Waals surface area (Å²) in [5.74, 6) is -0.0769. The fourth-order valence-electron chi connectivity index (χ4n) is 5.61. The first-order valence-electron chi connectivity index (χ1n) is 18.3. The monoisotopic (exact) mass is 924 g/mol. The van der Waals surface area contributed by atoms with Crippen LogP contribution in [0, 0.1) is 66.5 Å². The summed E-state index contributed by atoms with van der Waals surface area (Å²) in [6, 6.07) is 53.6. The van der Waals surface area contributed by atoms with Gasteiger partial charge in [-0.15, -0.1) is 16.8 Å². The number of aliphatic hydroxyl groups is 1. The second kappa shape index (κ2) is 32.0. The van der Waals surface area contributed by atoms with Crippen LogP contribution in [0.25, 0.3) is 38.2 Å². The molecule has 0 amide bonds. The van der Waals surface area contributed by atoms with Gasteiger partial charge in [-0.2, -0.15) is 10.5 Å². The third kappa shape index (κ3) is 19.4. The number of benzene rings is 6. The number of alkyl halides is 1. The molecule has 0 spiro atoms. The van der Waals surface area contributed by atoms with Gasteiger partial charge in [-0.05, 0) is 87.5 Å². The molecule has 314 valence electrons. The Morgan fingerprint density at radius 3 is 1.35 bits per heavy atom. The molecule has 0 bridgehead atoms. The number of halogens is 3. The molecule has 6 rings (SSSR count). The summed E-state index contributed by atoms with van der Waals surface area (Å²) in [4.78, 5) is 7.53. The smallest absolute Gasteiger partial charge is 0.691 e. The van der Waals surface area contributed by atoms with Crippen molar-refractivity contribution in [1.82, 2.24) is 0 Å². The standard InChI is InChI=1S/C17H13N3O.C14H13Cl.C14H14O.C3HN3O.Cl2OS.Na/c1-13-15(12-21-20-16(10-18)11-19)8-5-9-17(13)14-6-3-2-4-7-14;2*1-11-13(10-15)8-5-9-14(11)12-6-3-2-4-7-12;1-5-3(2-4)6-7;1-4(2)3;/h2-9H,12H2,1H3;2-9H,10H2,1H3;2-9,15H,10H2,1H3;7H;;/q;;;;;+1/p-1/b;;;6-3+;;. The summed E-state index contributed by atoms with van der Waals surface area (Å²) in [6.45, 7) is 12.5. The van der Waals surface area contributed by atoms with Gasteiger partial charge in [-0.1, -0.05) is 157 Å². The quantitative estimate of drug-likeness (QED) is 0.0301. The van der Waals surface area contributed by atoms with Gasteiger partial charge in [0, 0.05) is 27.2 Å². The molecule has 1 N–H and O–H groups in total. The second-order valence-corrected chi connectivity index (χ2v) is 15.2. The van der Waals surface area contributed by atoms with Crippen LogP contribution in [0.4, 0.5) is 0 Å². The topological polar surface area (TPSA) is 170 Å². The van der Waals surface area contributed by atoms with Gasteiger partial charge in [0.2, 0.25) is 9.23 Å². The molecule has 0 fully saturated rings. The first-order chi connectivity index (χ1) is 30.0. The molecule has 6 aromatic rings.